The predicted octanol–water partition coefficient (Wildman–Crippen LogP) is 3.35. The summed E-state index contributed by atoms with van der Waals surface area (Å²) < 4.78 is 32.0. The van der Waals surface area contributed by atoms with Crippen molar-refractivity contribution in [3.8, 4) is 5.75 Å². The first kappa shape index (κ1) is 14.2. The average Bonchev–Trinajstić information content (AvgIpc) is 2.42. The Morgan fingerprint density at radius 2 is 1.90 bits per heavy atom. The lowest BCUT2D eigenvalue weighted by molar-refractivity contribution is 0.414. The highest BCUT2D eigenvalue weighted by Crippen LogP contribution is 2.27. The van der Waals surface area contributed by atoms with Gasteiger partial charge in [-0.25, -0.2) is 8.78 Å². The van der Waals surface area contributed by atoms with Gasteiger partial charge in [0.15, 0.2) is 0 Å². The molecule has 20 heavy (non-hydrogen) atoms. The number of halogens is 2. The van der Waals surface area contributed by atoms with Crippen LogP contribution in [0, 0.1) is 11.6 Å². The van der Waals surface area contributed by atoms with Gasteiger partial charge in [0.2, 0.25) is 0 Å². The second kappa shape index (κ2) is 5.83. The summed E-state index contributed by atoms with van der Waals surface area (Å²) in [5.74, 6) is -0.443. The molecule has 0 aliphatic carbocycles. The molecule has 0 unspecified atom stereocenters. The molecule has 0 aromatic heterocycles. The van der Waals surface area contributed by atoms with E-state index >= 15 is 0 Å². The van der Waals surface area contributed by atoms with E-state index in [1.165, 1.54) is 43.5 Å². The third-order valence-corrected chi connectivity index (χ3v) is 2.91. The lowest BCUT2D eigenvalue weighted by Gasteiger charge is -2.13. The second-order valence-electron chi connectivity index (χ2n) is 4.02. The van der Waals surface area contributed by atoms with Crippen molar-refractivity contribution in [2.45, 2.75) is 0 Å². The Kier molecular flexibility index (Phi) is 4.14. The van der Waals surface area contributed by atoms with Crippen molar-refractivity contribution < 1.29 is 13.5 Å². The first-order valence-corrected chi connectivity index (χ1v) is 6.12. The third-order valence-electron chi connectivity index (χ3n) is 2.69. The number of nitrogens with two attached hydrogens (primary N) is 1. The van der Waals surface area contributed by atoms with Crippen LogP contribution >= 0.6 is 12.2 Å². The summed E-state index contributed by atoms with van der Waals surface area (Å²) in [7, 11) is 1.48. The number of anilines is 2. The largest absolute Gasteiger partial charge is 0.497 e. The summed E-state index contributed by atoms with van der Waals surface area (Å²) in [5.41, 5.74) is 6.46. The van der Waals surface area contributed by atoms with Gasteiger partial charge >= 0.3 is 0 Å². The lowest BCUT2D eigenvalue weighted by atomic mass is 10.1. The molecule has 2 rings (SSSR count). The first-order valence-electron chi connectivity index (χ1n) is 5.71. The van der Waals surface area contributed by atoms with E-state index in [1.807, 2.05) is 0 Å². The number of hydrogen-bond donors (Lipinski definition) is 2. The zero-order valence-electron chi connectivity index (χ0n) is 10.6. The molecule has 3 nitrogen and oxygen atoms in total. The van der Waals surface area contributed by atoms with Crippen LogP contribution in [0.3, 0.4) is 0 Å². The fourth-order valence-electron chi connectivity index (χ4n) is 1.70. The van der Waals surface area contributed by atoms with Gasteiger partial charge in [-0.05, 0) is 30.3 Å². The van der Waals surface area contributed by atoms with E-state index in [2.05, 4.69) is 5.32 Å². The minimum atomic E-state index is -0.469. The number of thiocarbonyl (C=S) groups is 1. The molecule has 0 aliphatic heterocycles. The van der Waals surface area contributed by atoms with Crippen molar-refractivity contribution >= 4 is 28.6 Å². The molecule has 0 bridgehead atoms. The maximum absolute atomic E-state index is 13.7. The Morgan fingerprint density at radius 3 is 2.55 bits per heavy atom. The number of hydrogen-bond acceptors (Lipinski definition) is 3. The average molecular weight is 294 g/mol. The monoisotopic (exact) mass is 294 g/mol. The SMILES string of the molecule is COc1ccc(F)c(Nc2ccc(F)cc2C(N)=S)c1. The van der Waals surface area contributed by atoms with Gasteiger partial charge < -0.3 is 15.8 Å². The summed E-state index contributed by atoms with van der Waals surface area (Å²) in [6, 6.07) is 8.14. The summed E-state index contributed by atoms with van der Waals surface area (Å²) in [6.45, 7) is 0. The molecule has 0 spiro atoms. The fourth-order valence-corrected chi connectivity index (χ4v) is 1.87. The number of rotatable bonds is 4. The maximum Gasteiger partial charge on any atom is 0.146 e. The molecule has 0 atom stereocenters. The molecule has 0 heterocycles. The Balaban J connectivity index is 2.42. The Bertz CT molecular complexity index is 662. The molecule has 104 valence electrons. The molecule has 0 fully saturated rings. The molecular formula is C14H12F2N2OS. The summed E-state index contributed by atoms with van der Waals surface area (Å²) in [5, 5.41) is 2.83. The third kappa shape index (κ3) is 3.03. The van der Waals surface area contributed by atoms with Gasteiger partial charge in [-0.2, -0.15) is 0 Å². The molecule has 2 aromatic carbocycles. The lowest BCUT2D eigenvalue weighted by Crippen LogP contribution is -2.12. The summed E-state index contributed by atoms with van der Waals surface area (Å²) in [4.78, 5) is 0.0234. The van der Waals surface area contributed by atoms with E-state index in [9.17, 15) is 8.78 Å². The second-order valence-corrected chi connectivity index (χ2v) is 4.46. The van der Waals surface area contributed by atoms with Crippen molar-refractivity contribution in [1.29, 1.82) is 0 Å². The number of methoxy groups -OCH3 is 1. The van der Waals surface area contributed by atoms with E-state index < -0.39 is 11.6 Å². The number of nitrogens with one attached hydrogen (secondary N) is 1. The molecule has 3 N–H and O–H groups in total. The van der Waals surface area contributed by atoms with Gasteiger partial charge in [0.05, 0.1) is 12.8 Å². The molecule has 0 saturated heterocycles. The van der Waals surface area contributed by atoms with Crippen LogP contribution in [0.25, 0.3) is 0 Å². The van der Waals surface area contributed by atoms with E-state index in [0.29, 0.717) is 17.0 Å². The molecule has 0 aliphatic rings. The number of benzene rings is 2. The molecular weight excluding hydrogens is 282 g/mol. The van der Waals surface area contributed by atoms with Crippen molar-refractivity contribution in [3.63, 3.8) is 0 Å². The van der Waals surface area contributed by atoms with Gasteiger partial charge in [0.1, 0.15) is 22.4 Å². The smallest absolute Gasteiger partial charge is 0.146 e. The number of ether oxygens (including phenoxy) is 1. The van der Waals surface area contributed by atoms with Gasteiger partial charge in [-0.3, -0.25) is 0 Å². The van der Waals surface area contributed by atoms with Gasteiger partial charge in [-0.15, -0.1) is 0 Å². The van der Waals surface area contributed by atoms with Crippen LogP contribution in [0.2, 0.25) is 0 Å². The highest BCUT2D eigenvalue weighted by atomic mass is 32.1. The highest BCUT2D eigenvalue weighted by molar-refractivity contribution is 7.80. The summed E-state index contributed by atoms with van der Waals surface area (Å²) >= 11 is 4.86. The van der Waals surface area contributed by atoms with Gasteiger partial charge in [0, 0.05) is 17.3 Å². The van der Waals surface area contributed by atoms with Crippen LogP contribution in [-0.4, -0.2) is 12.1 Å². The van der Waals surface area contributed by atoms with E-state index in [0.717, 1.165) is 0 Å². The summed E-state index contributed by atoms with van der Waals surface area (Å²) in [6.07, 6.45) is 0. The van der Waals surface area contributed by atoms with Crippen LogP contribution in [0.15, 0.2) is 36.4 Å². The van der Waals surface area contributed by atoms with Crippen LogP contribution in [0.4, 0.5) is 20.2 Å². The van der Waals surface area contributed by atoms with E-state index in [-0.39, 0.29) is 10.7 Å². The first-order chi connectivity index (χ1) is 9.51. The zero-order chi connectivity index (χ0) is 14.7. The topological polar surface area (TPSA) is 47.3 Å². The Morgan fingerprint density at radius 1 is 1.15 bits per heavy atom. The van der Waals surface area contributed by atoms with Gasteiger partial charge in [0.25, 0.3) is 0 Å². The van der Waals surface area contributed by atoms with E-state index in [1.54, 1.807) is 0 Å². The van der Waals surface area contributed by atoms with Crippen molar-refractivity contribution in [1.82, 2.24) is 0 Å². The van der Waals surface area contributed by atoms with Crippen molar-refractivity contribution in [2.75, 3.05) is 12.4 Å². The zero-order valence-corrected chi connectivity index (χ0v) is 11.4. The van der Waals surface area contributed by atoms with Crippen LogP contribution in [0.5, 0.6) is 5.75 Å². The van der Waals surface area contributed by atoms with Crippen LogP contribution < -0.4 is 15.8 Å². The molecule has 0 amide bonds. The fraction of sp³-hybridized carbons (Fsp3) is 0.0714. The minimum absolute atomic E-state index is 0.0234. The molecule has 0 saturated carbocycles. The van der Waals surface area contributed by atoms with Gasteiger partial charge in [-0.1, -0.05) is 12.2 Å². The Hall–Kier alpha value is -2.21. The quantitative estimate of drug-likeness (QED) is 0.849. The molecule has 6 heteroatoms. The predicted molar refractivity (Wildman–Crippen MR) is 78.5 cm³/mol. The Labute approximate surface area is 120 Å². The highest BCUT2D eigenvalue weighted by Gasteiger charge is 2.10. The van der Waals surface area contributed by atoms with Crippen LogP contribution in [-0.2, 0) is 0 Å². The van der Waals surface area contributed by atoms with Crippen molar-refractivity contribution in [3.05, 3.63) is 53.6 Å². The maximum atomic E-state index is 13.7. The van der Waals surface area contributed by atoms with Crippen molar-refractivity contribution in [2.24, 2.45) is 5.73 Å². The standard InChI is InChI=1S/C14H12F2N2OS/c1-19-9-3-4-11(16)13(7-9)18-12-5-2-8(15)6-10(12)14(17)20/h2-7,18H,1H3,(H2,17,20). The normalized spacial score (nSPS) is 10.2. The minimum Gasteiger partial charge on any atom is -0.497 e. The van der Waals surface area contributed by atoms with Crippen LogP contribution in [0.1, 0.15) is 5.56 Å². The van der Waals surface area contributed by atoms with E-state index in [4.69, 9.17) is 22.7 Å². The molecule has 0 radical (unpaired) electrons. The molecule has 2 aromatic rings.